The second kappa shape index (κ2) is 10.9. The summed E-state index contributed by atoms with van der Waals surface area (Å²) in [6, 6.07) is 10.3. The molecule has 1 amide bonds. The van der Waals surface area contributed by atoms with Crippen LogP contribution in [0.5, 0.6) is 0 Å². The number of carbonyl (C=O) groups is 1. The van der Waals surface area contributed by atoms with Crippen molar-refractivity contribution in [2.24, 2.45) is 11.5 Å². The van der Waals surface area contributed by atoms with Crippen molar-refractivity contribution >= 4 is 11.7 Å². The number of piperazine rings is 1. The number of benzene rings is 1. The molecule has 4 N–H and O–H groups in total. The normalized spacial score (nSPS) is 20.0. The molecule has 2 saturated heterocycles. The quantitative estimate of drug-likeness (QED) is 0.642. The van der Waals surface area contributed by atoms with Crippen LogP contribution in [-0.4, -0.2) is 83.7 Å². The molecule has 178 valence electrons. The Morgan fingerprint density at radius 3 is 2.45 bits per heavy atom. The Bertz CT molecular complexity index is 983. The first-order valence-electron chi connectivity index (χ1n) is 11.9. The first kappa shape index (κ1) is 23.4. The summed E-state index contributed by atoms with van der Waals surface area (Å²) in [6.45, 7) is 5.72. The molecule has 3 heterocycles. The minimum atomic E-state index is -0.304. The molecule has 0 radical (unpaired) electrons. The highest BCUT2D eigenvalue weighted by Crippen LogP contribution is 2.15. The lowest BCUT2D eigenvalue weighted by molar-refractivity contribution is -0.129. The van der Waals surface area contributed by atoms with E-state index < -0.39 is 0 Å². The zero-order chi connectivity index (χ0) is 23.2. The van der Waals surface area contributed by atoms with E-state index in [9.17, 15) is 9.59 Å². The third-order valence-corrected chi connectivity index (χ3v) is 6.72. The largest absolute Gasteiger partial charge is 0.354 e. The second-order valence-electron chi connectivity index (χ2n) is 8.96. The molecule has 9 heteroatoms. The predicted octanol–water partition coefficient (Wildman–Crippen LogP) is 0.196. The topological polar surface area (TPSA) is 114 Å². The molecule has 1 atom stereocenters. The number of aromatic nitrogens is 2. The fraction of sp³-hybridized carbons (Fsp3) is 0.542. The average molecular weight is 454 g/mol. The molecule has 2 fully saturated rings. The molecule has 0 aliphatic carbocycles. The summed E-state index contributed by atoms with van der Waals surface area (Å²) in [5, 5.41) is 0. The lowest BCUT2D eigenvalue weighted by Crippen LogP contribution is -2.50. The zero-order valence-electron chi connectivity index (χ0n) is 19.2. The van der Waals surface area contributed by atoms with E-state index in [1.807, 2.05) is 23.1 Å². The van der Waals surface area contributed by atoms with Crippen LogP contribution in [0.15, 0.2) is 41.3 Å². The van der Waals surface area contributed by atoms with Gasteiger partial charge in [0.15, 0.2) is 0 Å². The van der Waals surface area contributed by atoms with Crippen LogP contribution in [-0.2, 0) is 11.2 Å². The fourth-order valence-corrected chi connectivity index (χ4v) is 4.60. The highest BCUT2D eigenvalue weighted by molar-refractivity contribution is 5.78. The predicted molar refractivity (Wildman–Crippen MR) is 130 cm³/mol. The van der Waals surface area contributed by atoms with E-state index in [0.29, 0.717) is 38.0 Å². The Balaban J connectivity index is 1.34. The minimum Gasteiger partial charge on any atom is -0.353 e. The second-order valence-corrected chi connectivity index (χ2v) is 8.96. The van der Waals surface area contributed by atoms with E-state index in [1.54, 1.807) is 15.7 Å². The van der Waals surface area contributed by atoms with Crippen molar-refractivity contribution in [3.05, 3.63) is 52.6 Å². The van der Waals surface area contributed by atoms with Crippen molar-refractivity contribution in [3.8, 4) is 5.69 Å². The van der Waals surface area contributed by atoms with E-state index in [0.717, 1.165) is 44.6 Å². The number of anilines is 1. The molecule has 4 rings (SSSR count). The minimum absolute atomic E-state index is 0.0278. The Morgan fingerprint density at radius 2 is 1.76 bits per heavy atom. The van der Waals surface area contributed by atoms with Gasteiger partial charge in [-0.1, -0.05) is 12.1 Å². The van der Waals surface area contributed by atoms with Crippen molar-refractivity contribution in [2.75, 3.05) is 57.3 Å². The molecule has 1 unspecified atom stereocenters. The molecule has 33 heavy (non-hydrogen) atoms. The highest BCUT2D eigenvalue weighted by Gasteiger charge is 2.21. The van der Waals surface area contributed by atoms with Gasteiger partial charge in [0.2, 0.25) is 5.91 Å². The number of carbonyl (C=O) groups excluding carboxylic acids is 1. The van der Waals surface area contributed by atoms with Crippen molar-refractivity contribution in [1.29, 1.82) is 0 Å². The third-order valence-electron chi connectivity index (χ3n) is 6.72. The van der Waals surface area contributed by atoms with Gasteiger partial charge in [0, 0.05) is 45.0 Å². The van der Waals surface area contributed by atoms with E-state index in [4.69, 9.17) is 11.5 Å². The molecule has 9 nitrogen and oxygen atoms in total. The van der Waals surface area contributed by atoms with Gasteiger partial charge in [0.05, 0.1) is 12.2 Å². The molecule has 1 aromatic carbocycles. The summed E-state index contributed by atoms with van der Waals surface area (Å²) in [5.74, 6) is 0.599. The SMILES string of the molecule is NCC(=O)N1CCN(c2ccn(-c3ccc(CCN4CCCC(N)CC4)cc3)c(=O)n2)CC1. The van der Waals surface area contributed by atoms with E-state index >= 15 is 0 Å². The smallest absolute Gasteiger partial charge is 0.353 e. The maximum absolute atomic E-state index is 12.7. The van der Waals surface area contributed by atoms with Crippen LogP contribution in [0.2, 0.25) is 0 Å². The summed E-state index contributed by atoms with van der Waals surface area (Å²) in [4.78, 5) is 35.0. The van der Waals surface area contributed by atoms with Gasteiger partial charge in [0.25, 0.3) is 0 Å². The number of nitrogens with two attached hydrogens (primary N) is 2. The molecule has 0 saturated carbocycles. The Morgan fingerprint density at radius 1 is 1.00 bits per heavy atom. The zero-order valence-corrected chi connectivity index (χ0v) is 19.2. The summed E-state index contributed by atoms with van der Waals surface area (Å²) < 4.78 is 1.57. The molecule has 1 aromatic heterocycles. The van der Waals surface area contributed by atoms with Gasteiger partial charge < -0.3 is 26.2 Å². The maximum Gasteiger partial charge on any atom is 0.354 e. The lowest BCUT2D eigenvalue weighted by atomic mass is 10.1. The van der Waals surface area contributed by atoms with Crippen LogP contribution in [0.1, 0.15) is 24.8 Å². The number of amides is 1. The van der Waals surface area contributed by atoms with Crippen LogP contribution < -0.4 is 22.1 Å². The molecule has 0 bridgehead atoms. The molecule has 2 aromatic rings. The molecular formula is C24H35N7O2. The van der Waals surface area contributed by atoms with E-state index in [1.165, 1.54) is 12.0 Å². The standard InChI is InChI=1S/C24H35N7O2/c25-18-23(32)30-16-14-29(15-17-30)22-9-13-31(24(33)27-22)21-5-3-19(4-6-21)7-11-28-10-1-2-20(26)8-12-28/h3-6,9,13,20H,1-2,7-8,10-12,14-18,25-26H2. The van der Waals surface area contributed by atoms with Gasteiger partial charge in [-0.15, -0.1) is 0 Å². The van der Waals surface area contributed by atoms with E-state index in [2.05, 4.69) is 22.0 Å². The maximum atomic E-state index is 12.7. The van der Waals surface area contributed by atoms with Crippen molar-refractivity contribution in [1.82, 2.24) is 19.4 Å². The van der Waals surface area contributed by atoms with Crippen LogP contribution in [0.4, 0.5) is 5.82 Å². The fourth-order valence-electron chi connectivity index (χ4n) is 4.60. The van der Waals surface area contributed by atoms with Gasteiger partial charge >= 0.3 is 5.69 Å². The molecular weight excluding hydrogens is 418 g/mol. The molecule has 2 aliphatic heterocycles. The average Bonchev–Trinajstić information content (AvgIpc) is 3.06. The highest BCUT2D eigenvalue weighted by atomic mass is 16.2. The number of nitrogens with zero attached hydrogens (tertiary/aromatic N) is 5. The van der Waals surface area contributed by atoms with Crippen molar-refractivity contribution < 1.29 is 4.79 Å². The Hall–Kier alpha value is -2.75. The summed E-state index contributed by atoms with van der Waals surface area (Å²) in [6.07, 6.45) is 6.13. The van der Waals surface area contributed by atoms with Crippen LogP contribution >= 0.6 is 0 Å². The van der Waals surface area contributed by atoms with Crippen LogP contribution in [0.3, 0.4) is 0 Å². The number of rotatable bonds is 6. The van der Waals surface area contributed by atoms with Gasteiger partial charge in [0.1, 0.15) is 5.82 Å². The Kier molecular flexibility index (Phi) is 7.74. The van der Waals surface area contributed by atoms with E-state index in [-0.39, 0.29) is 18.1 Å². The summed E-state index contributed by atoms with van der Waals surface area (Å²) in [7, 11) is 0. The van der Waals surface area contributed by atoms with Gasteiger partial charge in [-0.25, -0.2) is 4.79 Å². The third kappa shape index (κ3) is 5.98. The summed E-state index contributed by atoms with van der Waals surface area (Å²) >= 11 is 0. The Labute approximate surface area is 195 Å². The molecule has 0 spiro atoms. The van der Waals surface area contributed by atoms with Gasteiger partial charge in [-0.3, -0.25) is 9.36 Å². The van der Waals surface area contributed by atoms with Crippen LogP contribution in [0, 0.1) is 0 Å². The van der Waals surface area contributed by atoms with Gasteiger partial charge in [-0.2, -0.15) is 4.98 Å². The lowest BCUT2D eigenvalue weighted by Gasteiger charge is -2.35. The van der Waals surface area contributed by atoms with Crippen LogP contribution in [0.25, 0.3) is 5.69 Å². The number of likely N-dealkylation sites (tertiary alicyclic amines) is 1. The van der Waals surface area contributed by atoms with Crippen molar-refractivity contribution in [2.45, 2.75) is 31.7 Å². The first-order valence-corrected chi connectivity index (χ1v) is 11.9. The number of hydrogen-bond donors (Lipinski definition) is 2. The monoisotopic (exact) mass is 453 g/mol. The summed E-state index contributed by atoms with van der Waals surface area (Å²) in [5.41, 5.74) is 13.3. The first-order chi connectivity index (χ1) is 16.0. The van der Waals surface area contributed by atoms with Gasteiger partial charge in [-0.05, 0) is 62.5 Å². The van der Waals surface area contributed by atoms with Crippen molar-refractivity contribution in [3.63, 3.8) is 0 Å². The number of hydrogen-bond acceptors (Lipinski definition) is 7. The molecule has 2 aliphatic rings.